The second kappa shape index (κ2) is 6.54. The van der Waals surface area contributed by atoms with Gasteiger partial charge >= 0.3 is 0 Å². The molecule has 3 heterocycles. The van der Waals surface area contributed by atoms with Crippen LogP contribution in [0.5, 0.6) is 0 Å². The minimum Gasteiger partial charge on any atom is -0.372 e. The Labute approximate surface area is 134 Å². The summed E-state index contributed by atoms with van der Waals surface area (Å²) in [7, 11) is 0. The topological polar surface area (TPSA) is 55.3 Å². The summed E-state index contributed by atoms with van der Waals surface area (Å²) in [6.07, 6.45) is 4.03. The average Bonchev–Trinajstić information content (AvgIpc) is 2.95. The van der Waals surface area contributed by atoms with Crippen LogP contribution in [-0.2, 0) is 16.0 Å². The zero-order valence-electron chi connectivity index (χ0n) is 12.7. The highest BCUT2D eigenvalue weighted by Crippen LogP contribution is 2.23. The van der Waals surface area contributed by atoms with Gasteiger partial charge in [-0.25, -0.2) is 4.98 Å². The third-order valence-corrected chi connectivity index (χ3v) is 4.52. The maximum atomic E-state index is 12.4. The zero-order chi connectivity index (χ0) is 15.5. The van der Waals surface area contributed by atoms with E-state index in [0.717, 1.165) is 16.3 Å². The molecule has 0 aromatic carbocycles. The van der Waals surface area contributed by atoms with E-state index in [4.69, 9.17) is 4.74 Å². The van der Waals surface area contributed by atoms with Crippen molar-refractivity contribution in [2.45, 2.75) is 32.5 Å². The molecule has 6 heteroatoms. The number of hydrogen-bond acceptors (Lipinski definition) is 5. The summed E-state index contributed by atoms with van der Waals surface area (Å²) in [6, 6.07) is 3.85. The van der Waals surface area contributed by atoms with Crippen molar-refractivity contribution in [1.82, 2.24) is 14.9 Å². The lowest BCUT2D eigenvalue weighted by Crippen LogP contribution is -2.48. The molecular formula is C16H19N3O2S. The fourth-order valence-electron chi connectivity index (χ4n) is 2.66. The maximum Gasteiger partial charge on any atom is 0.228 e. The fraction of sp³-hybridized carbons (Fsp3) is 0.438. The van der Waals surface area contributed by atoms with Gasteiger partial charge in [0.25, 0.3) is 0 Å². The highest BCUT2D eigenvalue weighted by molar-refractivity contribution is 7.13. The van der Waals surface area contributed by atoms with Crippen molar-refractivity contribution in [1.29, 1.82) is 0 Å². The van der Waals surface area contributed by atoms with E-state index in [1.165, 1.54) is 0 Å². The van der Waals surface area contributed by atoms with Crippen molar-refractivity contribution in [2.75, 3.05) is 13.1 Å². The molecule has 5 nitrogen and oxygen atoms in total. The Bertz CT molecular complexity index is 634. The van der Waals surface area contributed by atoms with Crippen LogP contribution in [0, 0.1) is 0 Å². The van der Waals surface area contributed by atoms with E-state index in [-0.39, 0.29) is 18.1 Å². The van der Waals surface area contributed by atoms with Gasteiger partial charge < -0.3 is 9.64 Å². The van der Waals surface area contributed by atoms with Crippen LogP contribution in [0.25, 0.3) is 10.6 Å². The van der Waals surface area contributed by atoms with Crippen molar-refractivity contribution >= 4 is 17.2 Å². The van der Waals surface area contributed by atoms with Gasteiger partial charge in [0.05, 0.1) is 24.3 Å². The van der Waals surface area contributed by atoms with Crippen LogP contribution < -0.4 is 0 Å². The molecule has 2 atom stereocenters. The van der Waals surface area contributed by atoms with Gasteiger partial charge in [0.1, 0.15) is 5.01 Å². The fourth-order valence-corrected chi connectivity index (χ4v) is 3.49. The maximum absolute atomic E-state index is 12.4. The molecule has 1 aliphatic heterocycles. The Hall–Kier alpha value is -1.79. The van der Waals surface area contributed by atoms with E-state index in [0.29, 0.717) is 19.5 Å². The first-order chi connectivity index (χ1) is 10.6. The van der Waals surface area contributed by atoms with Gasteiger partial charge in [-0.15, -0.1) is 11.3 Å². The summed E-state index contributed by atoms with van der Waals surface area (Å²) < 4.78 is 5.67. The first-order valence-corrected chi connectivity index (χ1v) is 8.28. The predicted octanol–water partition coefficient (Wildman–Crippen LogP) is 2.38. The molecular weight excluding hydrogens is 298 g/mol. The number of aromatic nitrogens is 2. The molecule has 1 saturated heterocycles. The van der Waals surface area contributed by atoms with Gasteiger partial charge in [-0.2, -0.15) is 0 Å². The number of carbonyl (C=O) groups excluding carboxylic acids is 1. The minimum absolute atomic E-state index is 0.0931. The Morgan fingerprint density at radius 2 is 2.00 bits per heavy atom. The molecule has 0 radical (unpaired) electrons. The molecule has 1 amide bonds. The highest BCUT2D eigenvalue weighted by Gasteiger charge is 2.26. The third-order valence-electron chi connectivity index (χ3n) is 3.58. The number of hydrogen-bond donors (Lipinski definition) is 0. The van der Waals surface area contributed by atoms with Crippen molar-refractivity contribution in [3.05, 3.63) is 35.6 Å². The summed E-state index contributed by atoms with van der Waals surface area (Å²) in [4.78, 5) is 22.9. The molecule has 0 aliphatic carbocycles. The average molecular weight is 317 g/mol. The van der Waals surface area contributed by atoms with E-state index < -0.39 is 0 Å². The summed E-state index contributed by atoms with van der Waals surface area (Å²) in [5.74, 6) is 0.119. The molecule has 2 aromatic heterocycles. The van der Waals surface area contributed by atoms with Gasteiger partial charge in [-0.3, -0.25) is 9.78 Å². The Balaban J connectivity index is 1.66. The van der Waals surface area contributed by atoms with Gasteiger partial charge in [0.15, 0.2) is 0 Å². The molecule has 1 fully saturated rings. The largest absolute Gasteiger partial charge is 0.372 e. The van der Waals surface area contributed by atoms with Crippen LogP contribution in [0.15, 0.2) is 29.9 Å². The summed E-state index contributed by atoms with van der Waals surface area (Å²) in [6.45, 7) is 5.32. The van der Waals surface area contributed by atoms with E-state index >= 15 is 0 Å². The van der Waals surface area contributed by atoms with Crippen LogP contribution in [0.3, 0.4) is 0 Å². The van der Waals surface area contributed by atoms with Gasteiger partial charge in [0.2, 0.25) is 5.91 Å². The number of amides is 1. The molecule has 1 aliphatic rings. The van der Waals surface area contributed by atoms with E-state index in [9.17, 15) is 4.79 Å². The Morgan fingerprint density at radius 1 is 1.32 bits per heavy atom. The van der Waals surface area contributed by atoms with Gasteiger partial charge in [-0.05, 0) is 26.0 Å². The van der Waals surface area contributed by atoms with Crippen LogP contribution in [0.2, 0.25) is 0 Å². The lowest BCUT2D eigenvalue weighted by molar-refractivity contribution is -0.142. The van der Waals surface area contributed by atoms with E-state index in [1.807, 2.05) is 36.3 Å². The van der Waals surface area contributed by atoms with Gasteiger partial charge in [0, 0.05) is 36.4 Å². The lowest BCUT2D eigenvalue weighted by Gasteiger charge is -2.35. The van der Waals surface area contributed by atoms with E-state index in [1.54, 1.807) is 23.7 Å². The summed E-state index contributed by atoms with van der Waals surface area (Å²) in [5, 5.41) is 2.88. The van der Waals surface area contributed by atoms with Crippen LogP contribution in [-0.4, -0.2) is 46.1 Å². The van der Waals surface area contributed by atoms with Gasteiger partial charge in [-0.1, -0.05) is 0 Å². The minimum atomic E-state index is 0.0931. The molecule has 3 rings (SSSR count). The zero-order valence-corrected chi connectivity index (χ0v) is 13.5. The van der Waals surface area contributed by atoms with Crippen molar-refractivity contribution < 1.29 is 9.53 Å². The molecule has 0 spiro atoms. The van der Waals surface area contributed by atoms with Crippen LogP contribution >= 0.6 is 11.3 Å². The number of thiazole rings is 1. The summed E-state index contributed by atoms with van der Waals surface area (Å²) >= 11 is 1.56. The predicted molar refractivity (Wildman–Crippen MR) is 85.6 cm³/mol. The molecule has 22 heavy (non-hydrogen) atoms. The third kappa shape index (κ3) is 3.51. The Morgan fingerprint density at radius 3 is 2.68 bits per heavy atom. The molecule has 0 bridgehead atoms. The SMILES string of the molecule is C[C@@H]1CN(C(=O)Cc2csc(-c3ccncc3)n2)C[C@H](C)O1. The number of carbonyl (C=O) groups is 1. The van der Waals surface area contributed by atoms with Crippen molar-refractivity contribution in [3.63, 3.8) is 0 Å². The van der Waals surface area contributed by atoms with Crippen molar-refractivity contribution in [3.8, 4) is 10.6 Å². The first kappa shape index (κ1) is 15.1. The molecule has 0 unspecified atom stereocenters. The van der Waals surface area contributed by atoms with Crippen LogP contribution in [0.1, 0.15) is 19.5 Å². The lowest BCUT2D eigenvalue weighted by atomic mass is 10.2. The number of morpholine rings is 1. The molecule has 0 N–H and O–H groups in total. The second-order valence-electron chi connectivity index (χ2n) is 5.61. The van der Waals surface area contributed by atoms with Crippen LogP contribution in [0.4, 0.5) is 0 Å². The number of pyridine rings is 1. The second-order valence-corrected chi connectivity index (χ2v) is 6.47. The number of rotatable bonds is 3. The highest BCUT2D eigenvalue weighted by atomic mass is 32.1. The smallest absolute Gasteiger partial charge is 0.228 e. The summed E-state index contributed by atoms with van der Waals surface area (Å²) in [5.41, 5.74) is 1.86. The van der Waals surface area contributed by atoms with E-state index in [2.05, 4.69) is 9.97 Å². The molecule has 2 aromatic rings. The van der Waals surface area contributed by atoms with Crippen molar-refractivity contribution in [2.24, 2.45) is 0 Å². The normalized spacial score (nSPS) is 21.8. The Kier molecular flexibility index (Phi) is 4.49. The first-order valence-electron chi connectivity index (χ1n) is 7.40. The molecule has 0 saturated carbocycles. The number of ether oxygens (including phenoxy) is 1. The molecule has 116 valence electrons. The standard InChI is InChI=1S/C16H19N3O2S/c1-11-8-19(9-12(2)21-11)15(20)7-14-10-22-16(18-14)13-3-5-17-6-4-13/h3-6,10-12H,7-9H2,1-2H3/t11-,12+. The monoisotopic (exact) mass is 317 g/mol. The number of nitrogens with zero attached hydrogens (tertiary/aromatic N) is 3. The quantitative estimate of drug-likeness (QED) is 0.872.